The molecule has 1 rings (SSSR count). The molecule has 0 aliphatic carbocycles. The van der Waals surface area contributed by atoms with Crippen LogP contribution in [0.2, 0.25) is 0 Å². The van der Waals surface area contributed by atoms with Crippen LogP contribution >= 0.6 is 0 Å². The molecule has 0 spiro atoms. The SMILES string of the molecule is NCCCCCC(=O)NCCc1ccccn1. The zero-order valence-corrected chi connectivity index (χ0v) is 10.2. The van der Waals surface area contributed by atoms with Gasteiger partial charge < -0.3 is 11.1 Å². The number of nitrogens with zero attached hydrogens (tertiary/aromatic N) is 1. The molecule has 0 bridgehead atoms. The summed E-state index contributed by atoms with van der Waals surface area (Å²) in [7, 11) is 0. The van der Waals surface area contributed by atoms with Crippen LogP contribution in [-0.2, 0) is 11.2 Å². The van der Waals surface area contributed by atoms with Gasteiger partial charge in [0.05, 0.1) is 0 Å². The minimum Gasteiger partial charge on any atom is -0.356 e. The second-order valence-corrected chi connectivity index (χ2v) is 4.02. The molecule has 94 valence electrons. The molecule has 4 heteroatoms. The van der Waals surface area contributed by atoms with Crippen LogP contribution in [0.5, 0.6) is 0 Å². The maximum absolute atomic E-state index is 11.4. The predicted octanol–water partition coefficient (Wildman–Crippen LogP) is 1.26. The van der Waals surface area contributed by atoms with Crippen LogP contribution in [-0.4, -0.2) is 24.0 Å². The van der Waals surface area contributed by atoms with Crippen molar-refractivity contribution in [3.63, 3.8) is 0 Å². The molecule has 0 saturated heterocycles. The molecule has 0 aromatic carbocycles. The van der Waals surface area contributed by atoms with E-state index in [0.29, 0.717) is 19.5 Å². The highest BCUT2D eigenvalue weighted by Crippen LogP contribution is 1.98. The summed E-state index contributed by atoms with van der Waals surface area (Å²) < 4.78 is 0. The second-order valence-electron chi connectivity index (χ2n) is 4.02. The number of rotatable bonds is 8. The van der Waals surface area contributed by atoms with E-state index in [0.717, 1.165) is 31.4 Å². The van der Waals surface area contributed by atoms with Gasteiger partial charge in [-0.25, -0.2) is 0 Å². The molecule has 0 atom stereocenters. The average molecular weight is 235 g/mol. The summed E-state index contributed by atoms with van der Waals surface area (Å²) in [4.78, 5) is 15.6. The molecule has 3 N–H and O–H groups in total. The van der Waals surface area contributed by atoms with Crippen molar-refractivity contribution in [2.75, 3.05) is 13.1 Å². The molecule has 0 aliphatic rings. The van der Waals surface area contributed by atoms with Gasteiger partial charge in [-0.05, 0) is 31.5 Å². The minimum absolute atomic E-state index is 0.123. The smallest absolute Gasteiger partial charge is 0.220 e. The van der Waals surface area contributed by atoms with Crippen molar-refractivity contribution in [3.05, 3.63) is 30.1 Å². The number of carbonyl (C=O) groups is 1. The fourth-order valence-corrected chi connectivity index (χ4v) is 1.57. The highest BCUT2D eigenvalue weighted by Gasteiger charge is 2.00. The fraction of sp³-hybridized carbons (Fsp3) is 0.538. The van der Waals surface area contributed by atoms with Gasteiger partial charge in [-0.1, -0.05) is 12.5 Å². The zero-order valence-electron chi connectivity index (χ0n) is 10.2. The quantitative estimate of drug-likeness (QED) is 0.666. The van der Waals surface area contributed by atoms with E-state index in [2.05, 4.69) is 10.3 Å². The monoisotopic (exact) mass is 235 g/mol. The van der Waals surface area contributed by atoms with Crippen molar-refractivity contribution in [1.82, 2.24) is 10.3 Å². The Bertz CT molecular complexity index is 314. The molecule has 0 saturated carbocycles. The first-order valence-corrected chi connectivity index (χ1v) is 6.19. The van der Waals surface area contributed by atoms with Crippen molar-refractivity contribution in [2.24, 2.45) is 5.73 Å². The standard InChI is InChI=1S/C13H21N3O/c14-9-4-1-2-7-13(17)16-11-8-12-6-3-5-10-15-12/h3,5-6,10H,1-2,4,7-9,11,14H2,(H,16,17). The summed E-state index contributed by atoms with van der Waals surface area (Å²) in [6.07, 6.45) is 6.11. The Hall–Kier alpha value is -1.42. The lowest BCUT2D eigenvalue weighted by Gasteiger charge is -2.04. The molecular weight excluding hydrogens is 214 g/mol. The van der Waals surface area contributed by atoms with Gasteiger partial charge in [-0.2, -0.15) is 0 Å². The van der Waals surface area contributed by atoms with Crippen molar-refractivity contribution < 1.29 is 4.79 Å². The van der Waals surface area contributed by atoms with Crippen LogP contribution in [0.25, 0.3) is 0 Å². The van der Waals surface area contributed by atoms with Crippen LogP contribution in [0, 0.1) is 0 Å². The molecular formula is C13H21N3O. The lowest BCUT2D eigenvalue weighted by atomic mass is 10.2. The Labute approximate surface area is 103 Å². The topological polar surface area (TPSA) is 68.0 Å². The first-order valence-electron chi connectivity index (χ1n) is 6.19. The normalized spacial score (nSPS) is 10.2. The van der Waals surface area contributed by atoms with E-state index in [1.54, 1.807) is 6.20 Å². The van der Waals surface area contributed by atoms with Crippen molar-refractivity contribution >= 4 is 5.91 Å². The lowest BCUT2D eigenvalue weighted by Crippen LogP contribution is -2.25. The Kier molecular flexibility index (Phi) is 6.98. The number of aromatic nitrogens is 1. The van der Waals surface area contributed by atoms with E-state index in [9.17, 15) is 4.79 Å². The number of nitrogens with one attached hydrogen (secondary N) is 1. The van der Waals surface area contributed by atoms with E-state index >= 15 is 0 Å². The van der Waals surface area contributed by atoms with Crippen LogP contribution < -0.4 is 11.1 Å². The van der Waals surface area contributed by atoms with Crippen molar-refractivity contribution in [2.45, 2.75) is 32.1 Å². The summed E-state index contributed by atoms with van der Waals surface area (Å²) in [5, 5.41) is 2.90. The molecule has 4 nitrogen and oxygen atoms in total. The van der Waals surface area contributed by atoms with Crippen molar-refractivity contribution in [3.8, 4) is 0 Å². The molecule has 0 unspecified atom stereocenters. The van der Waals surface area contributed by atoms with Gasteiger partial charge in [0.2, 0.25) is 5.91 Å². The Balaban J connectivity index is 2.04. The maximum Gasteiger partial charge on any atom is 0.220 e. The Morgan fingerprint density at radius 2 is 2.18 bits per heavy atom. The van der Waals surface area contributed by atoms with E-state index in [-0.39, 0.29) is 5.91 Å². The third kappa shape index (κ3) is 6.68. The van der Waals surface area contributed by atoms with Gasteiger partial charge in [0, 0.05) is 31.3 Å². The zero-order chi connectivity index (χ0) is 12.3. The Morgan fingerprint density at radius 1 is 1.29 bits per heavy atom. The molecule has 17 heavy (non-hydrogen) atoms. The first-order chi connectivity index (χ1) is 8.33. The summed E-state index contributed by atoms with van der Waals surface area (Å²) in [6, 6.07) is 5.81. The summed E-state index contributed by atoms with van der Waals surface area (Å²) in [5.41, 5.74) is 6.39. The molecule has 1 amide bonds. The number of hydrogen-bond acceptors (Lipinski definition) is 3. The fourth-order valence-electron chi connectivity index (χ4n) is 1.57. The van der Waals surface area contributed by atoms with Crippen LogP contribution in [0.15, 0.2) is 24.4 Å². The minimum atomic E-state index is 0.123. The average Bonchev–Trinajstić information content (AvgIpc) is 2.36. The first kappa shape index (κ1) is 13.6. The van der Waals surface area contributed by atoms with E-state index in [1.165, 1.54) is 0 Å². The largest absolute Gasteiger partial charge is 0.356 e. The number of unbranched alkanes of at least 4 members (excludes halogenated alkanes) is 2. The number of hydrogen-bond donors (Lipinski definition) is 2. The third-order valence-electron chi connectivity index (χ3n) is 2.54. The molecule has 1 aromatic rings. The third-order valence-corrected chi connectivity index (χ3v) is 2.54. The number of nitrogens with two attached hydrogens (primary N) is 1. The summed E-state index contributed by atoms with van der Waals surface area (Å²) >= 11 is 0. The van der Waals surface area contributed by atoms with Crippen molar-refractivity contribution in [1.29, 1.82) is 0 Å². The molecule has 0 fully saturated rings. The number of amides is 1. The highest BCUT2D eigenvalue weighted by molar-refractivity contribution is 5.75. The Morgan fingerprint density at radius 3 is 2.88 bits per heavy atom. The van der Waals surface area contributed by atoms with E-state index in [1.807, 2.05) is 18.2 Å². The van der Waals surface area contributed by atoms with E-state index in [4.69, 9.17) is 5.73 Å². The summed E-state index contributed by atoms with van der Waals surface area (Å²) in [6.45, 7) is 1.37. The molecule has 0 aliphatic heterocycles. The highest BCUT2D eigenvalue weighted by atomic mass is 16.1. The van der Waals surface area contributed by atoms with Gasteiger partial charge in [-0.3, -0.25) is 9.78 Å². The number of carbonyl (C=O) groups excluding carboxylic acids is 1. The van der Waals surface area contributed by atoms with Crippen LogP contribution in [0.4, 0.5) is 0 Å². The van der Waals surface area contributed by atoms with Gasteiger partial charge >= 0.3 is 0 Å². The van der Waals surface area contributed by atoms with Gasteiger partial charge in [0.25, 0.3) is 0 Å². The van der Waals surface area contributed by atoms with Gasteiger partial charge in [0.15, 0.2) is 0 Å². The van der Waals surface area contributed by atoms with Crippen LogP contribution in [0.3, 0.4) is 0 Å². The second kappa shape index (κ2) is 8.70. The lowest BCUT2D eigenvalue weighted by molar-refractivity contribution is -0.121. The predicted molar refractivity (Wildman–Crippen MR) is 68.5 cm³/mol. The van der Waals surface area contributed by atoms with E-state index < -0.39 is 0 Å². The molecule has 1 aromatic heterocycles. The van der Waals surface area contributed by atoms with Gasteiger partial charge in [0.1, 0.15) is 0 Å². The molecule has 1 heterocycles. The van der Waals surface area contributed by atoms with Crippen LogP contribution in [0.1, 0.15) is 31.4 Å². The molecule has 0 radical (unpaired) electrons. The summed E-state index contributed by atoms with van der Waals surface area (Å²) in [5.74, 6) is 0.123. The number of pyridine rings is 1. The van der Waals surface area contributed by atoms with Gasteiger partial charge in [-0.15, -0.1) is 0 Å². The maximum atomic E-state index is 11.4.